The van der Waals surface area contributed by atoms with E-state index in [9.17, 15) is 28.5 Å². The standard InChI is InChI=1S/C27H19F3N8O/c1-26(2,14-32)22-6-4-17(12-35-22)38-23-18-9-15(16-10-19(27(28,29)30)24(33)36-11-16)3-5-20(18)34-13-21(23)37(8-7-31)25(38)39/h3-6,9-13H,8H2,1-2H3,(H2,33,36). The van der Waals surface area contributed by atoms with Crippen molar-refractivity contribution >= 4 is 27.8 Å². The van der Waals surface area contributed by atoms with Crippen LogP contribution >= 0.6 is 0 Å². The summed E-state index contributed by atoms with van der Waals surface area (Å²) in [6, 6.07) is 13.2. The van der Waals surface area contributed by atoms with Crippen molar-refractivity contribution in [1.82, 2.24) is 24.1 Å². The highest BCUT2D eigenvalue weighted by molar-refractivity contribution is 6.04. The van der Waals surface area contributed by atoms with Gasteiger partial charge in [0.25, 0.3) is 0 Å². The molecule has 2 N–H and O–H groups in total. The van der Waals surface area contributed by atoms with Crippen LogP contribution in [0.15, 0.2) is 59.8 Å². The predicted molar refractivity (Wildman–Crippen MR) is 138 cm³/mol. The van der Waals surface area contributed by atoms with Crippen molar-refractivity contribution in [2.45, 2.75) is 32.0 Å². The number of halogens is 3. The molecular formula is C27H19F3N8O. The van der Waals surface area contributed by atoms with E-state index < -0.39 is 28.7 Å². The third-order valence-corrected chi connectivity index (χ3v) is 6.47. The average Bonchev–Trinajstić information content (AvgIpc) is 3.19. The summed E-state index contributed by atoms with van der Waals surface area (Å²) in [5, 5.41) is 19.3. The molecule has 4 heterocycles. The summed E-state index contributed by atoms with van der Waals surface area (Å²) in [6.07, 6.45) is -0.513. The van der Waals surface area contributed by atoms with Gasteiger partial charge in [-0.15, -0.1) is 0 Å². The lowest BCUT2D eigenvalue weighted by Crippen LogP contribution is -2.23. The summed E-state index contributed by atoms with van der Waals surface area (Å²) in [7, 11) is 0. The Kier molecular flexibility index (Phi) is 5.84. The van der Waals surface area contributed by atoms with Gasteiger partial charge in [0.2, 0.25) is 0 Å². The zero-order chi connectivity index (χ0) is 28.1. The van der Waals surface area contributed by atoms with Crippen molar-refractivity contribution in [3.63, 3.8) is 0 Å². The topological polar surface area (TPSA) is 139 Å². The Bertz CT molecular complexity index is 1910. The zero-order valence-corrected chi connectivity index (χ0v) is 20.7. The van der Waals surface area contributed by atoms with Gasteiger partial charge in [-0.3, -0.25) is 19.1 Å². The number of benzene rings is 1. The van der Waals surface area contributed by atoms with Gasteiger partial charge in [0.05, 0.1) is 63.4 Å². The molecule has 0 aliphatic rings. The minimum Gasteiger partial charge on any atom is -0.383 e. The highest BCUT2D eigenvalue weighted by atomic mass is 19.4. The summed E-state index contributed by atoms with van der Waals surface area (Å²) in [4.78, 5) is 26.1. The molecule has 0 atom stereocenters. The second-order valence-corrected chi connectivity index (χ2v) is 9.38. The summed E-state index contributed by atoms with van der Waals surface area (Å²) < 4.78 is 43.0. The van der Waals surface area contributed by atoms with Gasteiger partial charge in [-0.1, -0.05) is 6.07 Å². The van der Waals surface area contributed by atoms with Crippen LogP contribution in [-0.4, -0.2) is 24.1 Å². The van der Waals surface area contributed by atoms with Crippen molar-refractivity contribution in [1.29, 1.82) is 10.5 Å². The molecule has 0 unspecified atom stereocenters. The van der Waals surface area contributed by atoms with E-state index in [1.54, 1.807) is 44.2 Å². The fourth-order valence-electron chi connectivity index (χ4n) is 4.37. The molecule has 0 amide bonds. The van der Waals surface area contributed by atoms with Gasteiger partial charge in [-0.2, -0.15) is 23.7 Å². The third-order valence-electron chi connectivity index (χ3n) is 6.47. The van der Waals surface area contributed by atoms with Crippen LogP contribution in [-0.2, 0) is 18.1 Å². The quantitative estimate of drug-likeness (QED) is 0.356. The molecule has 0 spiro atoms. The highest BCUT2D eigenvalue weighted by Gasteiger charge is 2.34. The van der Waals surface area contributed by atoms with Crippen LogP contribution in [0.2, 0.25) is 0 Å². The van der Waals surface area contributed by atoms with Crippen LogP contribution in [0.25, 0.3) is 38.8 Å². The van der Waals surface area contributed by atoms with Crippen molar-refractivity contribution < 1.29 is 13.2 Å². The average molecular weight is 528 g/mol. The Balaban J connectivity index is 1.80. The van der Waals surface area contributed by atoms with E-state index in [1.807, 2.05) is 6.07 Å². The second kappa shape index (κ2) is 8.96. The molecular weight excluding hydrogens is 509 g/mol. The largest absolute Gasteiger partial charge is 0.419 e. The van der Waals surface area contributed by atoms with Crippen LogP contribution < -0.4 is 11.4 Å². The Labute approximate surface area is 219 Å². The van der Waals surface area contributed by atoms with Gasteiger partial charge in [0, 0.05) is 17.1 Å². The number of hydrogen-bond donors (Lipinski definition) is 1. The molecule has 1 aromatic carbocycles. The Morgan fingerprint density at radius 3 is 2.38 bits per heavy atom. The molecule has 0 bridgehead atoms. The number of pyridine rings is 3. The molecule has 39 heavy (non-hydrogen) atoms. The van der Waals surface area contributed by atoms with Crippen LogP contribution in [0.1, 0.15) is 25.1 Å². The molecule has 194 valence electrons. The molecule has 0 saturated heterocycles. The first-order valence-corrected chi connectivity index (χ1v) is 11.6. The van der Waals surface area contributed by atoms with Crippen molar-refractivity contribution in [3.8, 4) is 29.0 Å². The van der Waals surface area contributed by atoms with E-state index >= 15 is 0 Å². The van der Waals surface area contributed by atoms with Crippen molar-refractivity contribution in [3.05, 3.63) is 76.7 Å². The molecule has 9 nitrogen and oxygen atoms in total. The molecule has 5 aromatic rings. The van der Waals surface area contributed by atoms with E-state index in [2.05, 4.69) is 21.0 Å². The number of alkyl halides is 3. The van der Waals surface area contributed by atoms with Crippen molar-refractivity contribution in [2.75, 3.05) is 5.73 Å². The lowest BCUT2D eigenvalue weighted by Gasteiger charge is -2.15. The number of nitrogen functional groups attached to an aromatic ring is 1. The fourth-order valence-corrected chi connectivity index (χ4v) is 4.37. The van der Waals surface area contributed by atoms with Gasteiger partial charge < -0.3 is 5.73 Å². The number of aromatic nitrogens is 5. The summed E-state index contributed by atoms with van der Waals surface area (Å²) in [5.41, 5.74) is 5.72. The summed E-state index contributed by atoms with van der Waals surface area (Å²) in [5.74, 6) is -0.631. The van der Waals surface area contributed by atoms with Crippen LogP contribution in [0.5, 0.6) is 0 Å². The monoisotopic (exact) mass is 528 g/mol. The number of nitriles is 2. The van der Waals surface area contributed by atoms with Crippen LogP contribution in [0, 0.1) is 22.7 Å². The molecule has 0 saturated carbocycles. The van der Waals surface area contributed by atoms with E-state index in [4.69, 9.17) is 5.73 Å². The van der Waals surface area contributed by atoms with Gasteiger partial charge in [0.15, 0.2) is 0 Å². The van der Waals surface area contributed by atoms with Gasteiger partial charge in [-0.25, -0.2) is 9.78 Å². The second-order valence-electron chi connectivity index (χ2n) is 9.38. The summed E-state index contributed by atoms with van der Waals surface area (Å²) >= 11 is 0. The summed E-state index contributed by atoms with van der Waals surface area (Å²) in [6.45, 7) is 3.19. The number of hydrogen-bond acceptors (Lipinski definition) is 7. The maximum atomic E-state index is 13.5. The normalized spacial score (nSPS) is 12.0. The number of imidazole rings is 1. The first-order valence-electron chi connectivity index (χ1n) is 11.6. The fraction of sp³-hybridized carbons (Fsp3) is 0.185. The first kappa shape index (κ1) is 25.4. The number of anilines is 1. The third kappa shape index (κ3) is 4.22. The molecule has 0 fully saturated rings. The zero-order valence-electron chi connectivity index (χ0n) is 20.7. The Morgan fingerprint density at radius 1 is 0.974 bits per heavy atom. The predicted octanol–water partition coefficient (Wildman–Crippen LogP) is 4.72. The van der Waals surface area contributed by atoms with E-state index in [0.29, 0.717) is 38.9 Å². The SMILES string of the molecule is CC(C)(C#N)c1ccc(-n2c(=O)n(CC#N)c3cnc4ccc(-c5cnc(N)c(C(F)(F)F)c5)cc4c32)cn1. The Hall–Kier alpha value is -5.23. The maximum absolute atomic E-state index is 13.5. The van der Waals surface area contributed by atoms with Crippen molar-refractivity contribution in [2.24, 2.45) is 0 Å². The van der Waals surface area contributed by atoms with E-state index in [-0.39, 0.29) is 12.1 Å². The number of nitrogens with zero attached hydrogens (tertiary/aromatic N) is 7. The van der Waals surface area contributed by atoms with Gasteiger partial charge >= 0.3 is 11.9 Å². The Morgan fingerprint density at radius 2 is 1.74 bits per heavy atom. The molecule has 0 aliphatic carbocycles. The minimum absolute atomic E-state index is 0.172. The molecule has 4 aromatic heterocycles. The first-order chi connectivity index (χ1) is 18.5. The minimum atomic E-state index is -4.69. The van der Waals surface area contributed by atoms with Gasteiger partial charge in [0.1, 0.15) is 12.4 Å². The van der Waals surface area contributed by atoms with Crippen LogP contribution in [0.4, 0.5) is 19.0 Å². The number of rotatable bonds is 4. The van der Waals surface area contributed by atoms with Gasteiger partial charge in [-0.05, 0) is 49.7 Å². The highest BCUT2D eigenvalue weighted by Crippen LogP contribution is 2.36. The smallest absolute Gasteiger partial charge is 0.383 e. The number of nitrogens with two attached hydrogens (primary N) is 1. The molecule has 5 rings (SSSR count). The molecule has 0 aliphatic heterocycles. The molecule has 0 radical (unpaired) electrons. The van der Waals surface area contributed by atoms with E-state index in [1.165, 1.54) is 27.7 Å². The lowest BCUT2D eigenvalue weighted by molar-refractivity contribution is -0.137. The lowest BCUT2D eigenvalue weighted by atomic mass is 9.91. The van der Waals surface area contributed by atoms with Crippen LogP contribution in [0.3, 0.4) is 0 Å². The maximum Gasteiger partial charge on any atom is 0.419 e. The van der Waals surface area contributed by atoms with E-state index in [0.717, 1.165) is 6.07 Å². The molecule has 12 heteroatoms. The number of fused-ring (bicyclic) bond motifs is 3.